The van der Waals surface area contributed by atoms with Gasteiger partial charge >= 0.3 is 0 Å². The first-order valence-corrected chi connectivity index (χ1v) is 9.12. The van der Waals surface area contributed by atoms with Gasteiger partial charge in [-0.2, -0.15) is 0 Å². The summed E-state index contributed by atoms with van der Waals surface area (Å²) in [6, 6.07) is 5.65. The van der Waals surface area contributed by atoms with Gasteiger partial charge in [0.05, 0.1) is 17.6 Å². The second kappa shape index (κ2) is 7.16. The topological polar surface area (TPSA) is 78.7 Å². The summed E-state index contributed by atoms with van der Waals surface area (Å²) in [6.45, 7) is 3.52. The van der Waals surface area contributed by atoms with E-state index < -0.39 is 11.7 Å². The number of pyridine rings is 1. The monoisotopic (exact) mass is 383 g/mol. The van der Waals surface area contributed by atoms with Gasteiger partial charge in [-0.1, -0.05) is 0 Å². The maximum absolute atomic E-state index is 13.9. The SMILES string of the molecule is Cc1nc2ccc(N3CCC(N(C)C)C3)nn2c1C(=O)Nc1ccncc1F. The van der Waals surface area contributed by atoms with Crippen molar-refractivity contribution in [1.29, 1.82) is 0 Å². The first-order valence-electron chi connectivity index (χ1n) is 9.12. The average molecular weight is 383 g/mol. The highest BCUT2D eigenvalue weighted by Crippen LogP contribution is 2.22. The molecule has 1 amide bonds. The number of aromatic nitrogens is 4. The van der Waals surface area contributed by atoms with Gasteiger partial charge < -0.3 is 15.1 Å². The van der Waals surface area contributed by atoms with Crippen molar-refractivity contribution in [3.05, 3.63) is 47.8 Å². The third kappa shape index (κ3) is 3.29. The van der Waals surface area contributed by atoms with E-state index in [2.05, 4.69) is 44.3 Å². The van der Waals surface area contributed by atoms with E-state index in [9.17, 15) is 9.18 Å². The van der Waals surface area contributed by atoms with Gasteiger partial charge in [0.25, 0.3) is 5.91 Å². The van der Waals surface area contributed by atoms with E-state index in [4.69, 9.17) is 0 Å². The van der Waals surface area contributed by atoms with Gasteiger partial charge in [-0.05, 0) is 45.6 Å². The molecule has 4 rings (SSSR count). The molecule has 1 saturated heterocycles. The van der Waals surface area contributed by atoms with Crippen LogP contribution in [-0.4, -0.2) is 63.6 Å². The Kier molecular flexibility index (Phi) is 4.68. The highest BCUT2D eigenvalue weighted by molar-refractivity contribution is 6.04. The lowest BCUT2D eigenvalue weighted by Crippen LogP contribution is -2.32. The van der Waals surface area contributed by atoms with Crippen molar-refractivity contribution in [2.45, 2.75) is 19.4 Å². The van der Waals surface area contributed by atoms with Gasteiger partial charge in [0.1, 0.15) is 5.82 Å². The Bertz CT molecular complexity index is 1030. The third-order valence-electron chi connectivity index (χ3n) is 5.09. The van der Waals surface area contributed by atoms with Crippen LogP contribution < -0.4 is 10.2 Å². The normalized spacial score (nSPS) is 16.9. The van der Waals surface area contributed by atoms with Gasteiger partial charge in [0.15, 0.2) is 17.2 Å². The molecule has 1 atom stereocenters. The molecule has 1 aliphatic heterocycles. The van der Waals surface area contributed by atoms with Crippen LogP contribution in [-0.2, 0) is 0 Å². The third-order valence-corrected chi connectivity index (χ3v) is 5.09. The number of halogens is 1. The fraction of sp³-hybridized carbons (Fsp3) is 0.368. The summed E-state index contributed by atoms with van der Waals surface area (Å²) in [5.41, 5.74) is 1.46. The molecule has 0 spiro atoms. The molecule has 4 heterocycles. The summed E-state index contributed by atoms with van der Waals surface area (Å²) in [6.07, 6.45) is 3.54. The Balaban J connectivity index is 1.66. The minimum atomic E-state index is -0.595. The van der Waals surface area contributed by atoms with Gasteiger partial charge in [-0.15, -0.1) is 5.10 Å². The van der Waals surface area contributed by atoms with E-state index in [-0.39, 0.29) is 11.4 Å². The van der Waals surface area contributed by atoms with Crippen LogP contribution in [0.2, 0.25) is 0 Å². The van der Waals surface area contributed by atoms with Crippen LogP contribution in [0.5, 0.6) is 0 Å². The second-order valence-corrected chi connectivity index (χ2v) is 7.17. The van der Waals surface area contributed by atoms with E-state index in [0.29, 0.717) is 17.4 Å². The summed E-state index contributed by atoms with van der Waals surface area (Å²) in [7, 11) is 4.15. The molecular weight excluding hydrogens is 361 g/mol. The van der Waals surface area contributed by atoms with Crippen molar-refractivity contribution in [3.63, 3.8) is 0 Å². The number of hydrogen-bond acceptors (Lipinski definition) is 6. The predicted octanol–water partition coefficient (Wildman–Crippen LogP) is 1.96. The Labute approximate surface area is 162 Å². The smallest absolute Gasteiger partial charge is 0.276 e. The minimum Gasteiger partial charge on any atom is -0.354 e. The lowest BCUT2D eigenvalue weighted by molar-refractivity contribution is 0.101. The van der Waals surface area contributed by atoms with E-state index in [1.54, 1.807) is 6.92 Å². The molecule has 146 valence electrons. The minimum absolute atomic E-state index is 0.0684. The highest BCUT2D eigenvalue weighted by Gasteiger charge is 2.26. The zero-order valence-corrected chi connectivity index (χ0v) is 16.1. The predicted molar refractivity (Wildman–Crippen MR) is 104 cm³/mol. The maximum Gasteiger partial charge on any atom is 0.276 e. The Morgan fingerprint density at radius 3 is 2.86 bits per heavy atom. The molecule has 0 saturated carbocycles. The molecule has 1 N–H and O–H groups in total. The van der Waals surface area contributed by atoms with Crippen LogP contribution in [0.1, 0.15) is 22.6 Å². The quantitative estimate of drug-likeness (QED) is 0.742. The number of carbonyl (C=O) groups excluding carboxylic acids is 1. The van der Waals surface area contributed by atoms with Gasteiger partial charge in [-0.25, -0.2) is 13.9 Å². The number of amides is 1. The molecular formula is C19H22FN7O. The molecule has 28 heavy (non-hydrogen) atoms. The number of fused-ring (bicyclic) bond motifs is 1. The summed E-state index contributed by atoms with van der Waals surface area (Å²) < 4.78 is 15.4. The number of nitrogens with zero attached hydrogens (tertiary/aromatic N) is 6. The van der Waals surface area contributed by atoms with Crippen molar-refractivity contribution >= 4 is 23.1 Å². The van der Waals surface area contributed by atoms with Crippen molar-refractivity contribution in [1.82, 2.24) is 24.5 Å². The number of anilines is 2. The van der Waals surface area contributed by atoms with Crippen molar-refractivity contribution < 1.29 is 9.18 Å². The fourth-order valence-corrected chi connectivity index (χ4v) is 3.49. The summed E-state index contributed by atoms with van der Waals surface area (Å²) in [4.78, 5) is 25.3. The second-order valence-electron chi connectivity index (χ2n) is 7.17. The molecule has 3 aromatic heterocycles. The molecule has 1 unspecified atom stereocenters. The maximum atomic E-state index is 13.9. The van der Waals surface area contributed by atoms with E-state index in [1.165, 1.54) is 16.8 Å². The van der Waals surface area contributed by atoms with Crippen molar-refractivity contribution in [2.24, 2.45) is 0 Å². The number of aryl methyl sites for hydroxylation is 1. The van der Waals surface area contributed by atoms with Crippen molar-refractivity contribution in [3.8, 4) is 0 Å². The fourth-order valence-electron chi connectivity index (χ4n) is 3.49. The Hall–Kier alpha value is -3.07. The van der Waals surface area contributed by atoms with Crippen LogP contribution in [0.3, 0.4) is 0 Å². The summed E-state index contributed by atoms with van der Waals surface area (Å²) >= 11 is 0. The number of rotatable bonds is 4. The Morgan fingerprint density at radius 2 is 2.14 bits per heavy atom. The number of hydrogen-bond donors (Lipinski definition) is 1. The first kappa shape index (κ1) is 18.3. The Morgan fingerprint density at radius 1 is 1.32 bits per heavy atom. The summed E-state index contributed by atoms with van der Waals surface area (Å²) in [5, 5.41) is 7.23. The molecule has 0 aliphatic carbocycles. The molecule has 0 radical (unpaired) electrons. The number of imidazole rings is 1. The number of nitrogens with one attached hydrogen (secondary N) is 1. The van der Waals surface area contributed by atoms with Crippen molar-refractivity contribution in [2.75, 3.05) is 37.4 Å². The first-order chi connectivity index (χ1) is 13.4. The van der Waals surface area contributed by atoms with Crippen LogP contribution in [0, 0.1) is 12.7 Å². The van der Waals surface area contributed by atoms with E-state index in [1.807, 2.05) is 12.1 Å². The standard InChI is InChI=1S/C19H22FN7O/c1-12-18(19(28)23-15-6-8-21-10-14(15)20)27-16(22-12)4-5-17(24-27)26-9-7-13(11-26)25(2)3/h4-6,8,10,13H,7,9,11H2,1-3H3,(H,21,23,28). The van der Waals surface area contributed by atoms with E-state index >= 15 is 0 Å². The zero-order valence-electron chi connectivity index (χ0n) is 16.1. The lowest BCUT2D eigenvalue weighted by Gasteiger charge is -2.21. The van der Waals surface area contributed by atoms with Gasteiger partial charge in [0, 0.05) is 25.3 Å². The molecule has 1 fully saturated rings. The van der Waals surface area contributed by atoms with Crippen LogP contribution >= 0.6 is 0 Å². The highest BCUT2D eigenvalue weighted by atomic mass is 19.1. The molecule has 0 bridgehead atoms. The summed E-state index contributed by atoms with van der Waals surface area (Å²) in [5.74, 6) is -0.270. The molecule has 3 aromatic rings. The van der Waals surface area contributed by atoms with Crippen LogP contribution in [0.15, 0.2) is 30.6 Å². The van der Waals surface area contributed by atoms with Gasteiger partial charge in [-0.3, -0.25) is 9.78 Å². The molecule has 9 heteroatoms. The largest absolute Gasteiger partial charge is 0.354 e. The number of likely N-dealkylation sites (N-methyl/N-ethyl adjacent to an activating group) is 1. The molecule has 8 nitrogen and oxygen atoms in total. The lowest BCUT2D eigenvalue weighted by atomic mass is 10.2. The van der Waals surface area contributed by atoms with Crippen LogP contribution in [0.4, 0.5) is 15.9 Å². The van der Waals surface area contributed by atoms with E-state index in [0.717, 1.165) is 31.5 Å². The molecule has 1 aliphatic rings. The van der Waals surface area contributed by atoms with Crippen LogP contribution in [0.25, 0.3) is 5.65 Å². The van der Waals surface area contributed by atoms with Gasteiger partial charge in [0.2, 0.25) is 0 Å². The average Bonchev–Trinajstić information content (AvgIpc) is 3.27. The molecule has 0 aromatic carbocycles. The number of carbonyl (C=O) groups is 1. The zero-order chi connectivity index (χ0) is 19.8.